The number of sulfonamides is 2. The van der Waals surface area contributed by atoms with E-state index in [9.17, 15) is 31.8 Å². The maximum atomic E-state index is 14.5. The van der Waals surface area contributed by atoms with Gasteiger partial charge < -0.3 is 29.2 Å². The molecule has 16 heteroatoms. The summed E-state index contributed by atoms with van der Waals surface area (Å²) in [4.78, 5) is 14.3. The molecule has 52 heavy (non-hydrogen) atoms. The number of aliphatic hydroxyl groups excluding tert-OH is 1. The quantitative estimate of drug-likeness (QED) is 0.166. The number of carbonyl (C=O) groups is 1. The number of ether oxygens (including phenoxy) is 4. The molecule has 2 aromatic rings. The van der Waals surface area contributed by atoms with E-state index in [0.29, 0.717) is 44.5 Å². The fourth-order valence-electron chi connectivity index (χ4n) is 7.22. The van der Waals surface area contributed by atoms with Gasteiger partial charge in [-0.2, -0.15) is 4.31 Å². The molecule has 0 unspecified atom stereocenters. The topological polar surface area (TPSA) is 181 Å². The Labute approximate surface area is 307 Å². The Kier molecular flexibility index (Phi) is 13.5. The Balaban J connectivity index is 1.40. The molecule has 290 valence electrons. The highest BCUT2D eigenvalue weighted by Crippen LogP contribution is 2.38. The van der Waals surface area contributed by atoms with Crippen molar-refractivity contribution in [1.82, 2.24) is 13.9 Å². The number of carboxylic acid groups (broad SMARTS) is 1. The number of rotatable bonds is 20. The van der Waals surface area contributed by atoms with Gasteiger partial charge in [0.1, 0.15) is 0 Å². The van der Waals surface area contributed by atoms with Gasteiger partial charge in [0.2, 0.25) is 26.8 Å². The summed E-state index contributed by atoms with van der Waals surface area (Å²) in [7, 11) is -7.61. The third kappa shape index (κ3) is 10.2. The number of unbranched alkanes of at least 4 members (excludes halogenated alkanes) is 2. The lowest BCUT2D eigenvalue weighted by Gasteiger charge is -2.40. The Hall–Kier alpha value is -2.99. The molecule has 2 aromatic carbocycles. The number of nitrogens with one attached hydrogen (secondary N) is 1. The highest BCUT2D eigenvalue weighted by atomic mass is 32.2. The summed E-state index contributed by atoms with van der Waals surface area (Å²) in [5.74, 6) is 0.572. The maximum Gasteiger partial charge on any atom is 0.407 e. The first kappa shape index (κ1) is 40.2. The summed E-state index contributed by atoms with van der Waals surface area (Å²) >= 11 is 0. The zero-order chi connectivity index (χ0) is 37.5. The van der Waals surface area contributed by atoms with Crippen molar-refractivity contribution < 1.29 is 50.8 Å². The van der Waals surface area contributed by atoms with Gasteiger partial charge in [0.05, 0.1) is 42.0 Å². The van der Waals surface area contributed by atoms with Crippen LogP contribution in [0, 0.1) is 11.3 Å². The zero-order valence-corrected chi connectivity index (χ0v) is 31.8. The maximum absolute atomic E-state index is 14.5. The Bertz CT molecular complexity index is 1710. The molecule has 0 radical (unpaired) electrons. The number of benzene rings is 2. The minimum Gasteiger partial charge on any atom is -0.465 e. The Morgan fingerprint density at radius 3 is 2.50 bits per heavy atom. The van der Waals surface area contributed by atoms with Gasteiger partial charge in [-0.25, -0.2) is 26.4 Å². The minimum atomic E-state index is -4.26. The van der Waals surface area contributed by atoms with Crippen LogP contribution in [0.4, 0.5) is 4.79 Å². The Morgan fingerprint density at radius 1 is 1.02 bits per heavy atom. The second-order valence-corrected chi connectivity index (χ2v) is 18.5. The highest BCUT2D eigenvalue weighted by Gasteiger charge is 2.49. The van der Waals surface area contributed by atoms with E-state index in [1.807, 2.05) is 51.1 Å². The van der Waals surface area contributed by atoms with Crippen LogP contribution in [0.5, 0.6) is 11.5 Å². The van der Waals surface area contributed by atoms with Gasteiger partial charge in [-0.3, -0.25) is 4.90 Å². The molecule has 5 atom stereocenters. The smallest absolute Gasteiger partial charge is 0.407 e. The van der Waals surface area contributed by atoms with E-state index in [4.69, 9.17) is 18.9 Å². The lowest BCUT2D eigenvalue weighted by molar-refractivity contribution is -0.0906. The molecule has 1 amide bonds. The van der Waals surface area contributed by atoms with E-state index in [-0.39, 0.29) is 55.2 Å². The normalized spacial score (nSPS) is 21.3. The average molecular weight is 768 g/mol. The molecular weight excluding hydrogens is 715 g/mol. The number of hydrogen-bond acceptors (Lipinski definition) is 10. The number of fused-ring (bicyclic) bond motifs is 2. The van der Waals surface area contributed by atoms with Gasteiger partial charge >= 0.3 is 6.09 Å². The van der Waals surface area contributed by atoms with E-state index >= 15 is 0 Å². The van der Waals surface area contributed by atoms with Gasteiger partial charge in [0.25, 0.3) is 0 Å². The lowest BCUT2D eigenvalue weighted by atomic mass is 9.87. The number of amides is 1. The van der Waals surface area contributed by atoms with Crippen LogP contribution in [0.3, 0.4) is 0 Å². The first-order valence-corrected chi connectivity index (χ1v) is 21.1. The van der Waals surface area contributed by atoms with Crippen LogP contribution in [0.1, 0.15) is 64.9 Å². The molecule has 0 bridgehead atoms. The fraction of sp³-hybridized carbons (Fsp3) is 0.639. The molecule has 3 heterocycles. The predicted molar refractivity (Wildman–Crippen MR) is 193 cm³/mol. The fourth-order valence-corrected chi connectivity index (χ4v) is 10.1. The van der Waals surface area contributed by atoms with Gasteiger partial charge in [-0.15, -0.1) is 0 Å². The van der Waals surface area contributed by atoms with Crippen molar-refractivity contribution >= 4 is 26.1 Å². The molecule has 5 rings (SSSR count). The first-order chi connectivity index (χ1) is 24.7. The molecule has 0 aliphatic carbocycles. The number of aliphatic hydroxyl groups is 1. The molecule has 0 aromatic heterocycles. The SMILES string of the molecule is CCCCS(=O)(=O)NCCCCC(C)(C)CN(C[C@@H](O)[C@H](Cc1ccccc1)N(C(=O)O)[C@H]1CO[C@H]2OCC[C@H]21)S(=O)(=O)c1ccc2c(c1)OCO2. The van der Waals surface area contributed by atoms with E-state index < -0.39 is 62.6 Å². The summed E-state index contributed by atoms with van der Waals surface area (Å²) in [6.45, 7) is 6.17. The molecule has 2 saturated heterocycles. The summed E-state index contributed by atoms with van der Waals surface area (Å²) < 4.78 is 79.7. The van der Waals surface area contributed by atoms with Crippen LogP contribution in [-0.2, 0) is 35.9 Å². The van der Waals surface area contributed by atoms with E-state index in [0.717, 1.165) is 12.0 Å². The molecule has 0 spiro atoms. The van der Waals surface area contributed by atoms with Crippen LogP contribution >= 0.6 is 0 Å². The van der Waals surface area contributed by atoms with Crippen LogP contribution in [0.25, 0.3) is 0 Å². The van der Waals surface area contributed by atoms with E-state index in [1.54, 1.807) is 0 Å². The minimum absolute atomic E-state index is 0.000725. The first-order valence-electron chi connectivity index (χ1n) is 18.0. The van der Waals surface area contributed by atoms with Crippen molar-refractivity contribution in [2.24, 2.45) is 11.3 Å². The molecular formula is C36H53N3O11S2. The van der Waals surface area contributed by atoms with Crippen LogP contribution in [0.15, 0.2) is 53.4 Å². The molecule has 2 fully saturated rings. The van der Waals surface area contributed by atoms with Crippen LogP contribution in [0.2, 0.25) is 0 Å². The summed E-state index contributed by atoms with van der Waals surface area (Å²) in [5, 5.41) is 22.8. The van der Waals surface area contributed by atoms with E-state index in [1.165, 1.54) is 27.4 Å². The van der Waals surface area contributed by atoms with Crippen molar-refractivity contribution in [2.75, 3.05) is 45.4 Å². The van der Waals surface area contributed by atoms with Gasteiger partial charge in [-0.05, 0) is 55.2 Å². The largest absolute Gasteiger partial charge is 0.465 e. The second-order valence-electron chi connectivity index (χ2n) is 14.6. The van der Waals surface area contributed by atoms with Crippen molar-refractivity contribution in [3.8, 4) is 11.5 Å². The van der Waals surface area contributed by atoms with E-state index in [2.05, 4.69) is 4.72 Å². The molecule has 3 aliphatic heterocycles. The molecule has 3 aliphatic rings. The van der Waals surface area contributed by atoms with Crippen molar-refractivity contribution in [3.63, 3.8) is 0 Å². The number of hydrogen-bond donors (Lipinski definition) is 3. The Morgan fingerprint density at radius 2 is 1.77 bits per heavy atom. The van der Waals surface area contributed by atoms with Crippen LogP contribution < -0.4 is 14.2 Å². The molecule has 14 nitrogen and oxygen atoms in total. The van der Waals surface area contributed by atoms with Crippen molar-refractivity contribution in [2.45, 2.75) is 95.1 Å². The third-order valence-corrected chi connectivity index (χ3v) is 13.3. The zero-order valence-electron chi connectivity index (χ0n) is 30.2. The van der Waals surface area contributed by atoms with Gasteiger partial charge in [0, 0.05) is 31.6 Å². The molecule has 0 saturated carbocycles. The van der Waals surface area contributed by atoms with Gasteiger partial charge in [-0.1, -0.05) is 63.9 Å². The summed E-state index contributed by atoms with van der Waals surface area (Å²) in [5.41, 5.74) is 0.172. The number of nitrogens with zero attached hydrogens (tertiary/aromatic N) is 2. The monoisotopic (exact) mass is 767 g/mol. The van der Waals surface area contributed by atoms with Crippen molar-refractivity contribution in [3.05, 3.63) is 54.1 Å². The average Bonchev–Trinajstić information content (AvgIpc) is 3.85. The highest BCUT2D eigenvalue weighted by molar-refractivity contribution is 7.89. The standard InChI is InChI=1S/C36H53N3O11S2/c1-4-5-19-51(43,44)37-17-10-9-16-36(2,3)24-38(52(45,46)27-13-14-32-33(21-27)50-25-49-32)22-31(40)29(20-26-11-7-6-8-12-26)39(35(41)42)30-23-48-34-28(30)15-18-47-34/h6-8,11-14,21,28-31,34,37,40H,4-5,9-10,15-20,22-25H2,1-3H3,(H,41,42)/t28-,29-,30-,31+,34+/m0/s1. The summed E-state index contributed by atoms with van der Waals surface area (Å²) in [6, 6.07) is 11.9. The van der Waals surface area contributed by atoms with Crippen molar-refractivity contribution in [1.29, 1.82) is 0 Å². The predicted octanol–water partition coefficient (Wildman–Crippen LogP) is 4.04. The molecule has 3 N–H and O–H groups in total. The second kappa shape index (κ2) is 17.4. The van der Waals surface area contributed by atoms with Gasteiger partial charge in [0.15, 0.2) is 17.8 Å². The third-order valence-electron chi connectivity index (χ3n) is 10.0. The summed E-state index contributed by atoms with van der Waals surface area (Å²) in [6.07, 6.45) is 0.649. The van der Waals surface area contributed by atoms with Crippen LogP contribution in [-0.4, -0.2) is 112 Å². The lowest BCUT2D eigenvalue weighted by Crippen LogP contribution is -2.58.